The molecule has 1 aromatic rings. The lowest BCUT2D eigenvalue weighted by atomic mass is 10.3. The largest absolute Gasteiger partial charge is 0.308 e. The number of nitrogens with one attached hydrogen (secondary N) is 2. The summed E-state index contributed by atoms with van der Waals surface area (Å²) < 4.78 is 18.8. The second-order valence-electron chi connectivity index (χ2n) is 2.82. The van der Waals surface area contributed by atoms with E-state index in [9.17, 15) is 4.21 Å². The van der Waals surface area contributed by atoms with Gasteiger partial charge < -0.3 is 5.43 Å². The first kappa shape index (κ1) is 9.94. The summed E-state index contributed by atoms with van der Waals surface area (Å²) in [6.45, 7) is 1.77. The summed E-state index contributed by atoms with van der Waals surface area (Å²) in [6, 6.07) is 1.66. The average molecular weight is 200 g/mol. The lowest BCUT2D eigenvalue weighted by molar-refractivity contribution is 0.678. The van der Waals surface area contributed by atoms with Crippen molar-refractivity contribution in [2.24, 2.45) is 5.84 Å². The van der Waals surface area contributed by atoms with Gasteiger partial charge in [-0.05, 0) is 18.6 Å². The van der Waals surface area contributed by atoms with E-state index in [1.807, 2.05) is 0 Å². The van der Waals surface area contributed by atoms with E-state index in [1.165, 1.54) is 12.5 Å². The first-order valence-corrected chi connectivity index (χ1v) is 5.59. The van der Waals surface area contributed by atoms with Crippen molar-refractivity contribution in [1.29, 1.82) is 4.78 Å². The highest BCUT2D eigenvalue weighted by Gasteiger charge is 2.07. The molecule has 0 aliphatic heterocycles. The Morgan fingerprint density at radius 3 is 2.69 bits per heavy atom. The molecule has 0 aliphatic carbocycles. The maximum absolute atomic E-state index is 11.4. The molecule has 0 aromatic carbocycles. The number of hydrazine groups is 1. The minimum atomic E-state index is -2.69. The van der Waals surface area contributed by atoms with Crippen molar-refractivity contribution in [2.45, 2.75) is 11.8 Å². The van der Waals surface area contributed by atoms with E-state index >= 15 is 0 Å². The third-order valence-corrected chi connectivity index (χ3v) is 2.90. The summed E-state index contributed by atoms with van der Waals surface area (Å²) in [5.41, 5.74) is 3.14. The molecule has 0 radical (unpaired) electrons. The smallest absolute Gasteiger partial charge is 0.140 e. The van der Waals surface area contributed by atoms with Crippen LogP contribution in [-0.2, 0) is 9.73 Å². The van der Waals surface area contributed by atoms with Crippen LogP contribution in [0.1, 0.15) is 5.56 Å². The zero-order valence-corrected chi connectivity index (χ0v) is 8.31. The number of nitrogen functional groups attached to an aromatic ring is 1. The highest BCUT2D eigenvalue weighted by Crippen LogP contribution is 2.16. The predicted octanol–water partition coefficient (Wildman–Crippen LogP) is 0.711. The highest BCUT2D eigenvalue weighted by atomic mass is 32.2. The van der Waals surface area contributed by atoms with Gasteiger partial charge in [0, 0.05) is 12.5 Å². The molecule has 0 bridgehead atoms. The van der Waals surface area contributed by atoms with Crippen LogP contribution >= 0.6 is 0 Å². The fourth-order valence-corrected chi connectivity index (χ4v) is 1.96. The van der Waals surface area contributed by atoms with Gasteiger partial charge in [0.05, 0.1) is 14.6 Å². The van der Waals surface area contributed by atoms with E-state index in [2.05, 4.69) is 10.4 Å². The Hall–Kier alpha value is -1.14. The Bertz CT molecular complexity index is 413. The van der Waals surface area contributed by atoms with Crippen LogP contribution in [0.25, 0.3) is 0 Å². The van der Waals surface area contributed by atoms with Gasteiger partial charge in [-0.1, -0.05) is 0 Å². The van der Waals surface area contributed by atoms with Gasteiger partial charge in [0.25, 0.3) is 0 Å². The molecule has 1 atom stereocenters. The number of nitrogens with two attached hydrogens (primary N) is 1. The molecule has 0 amide bonds. The number of nitrogens with zero attached hydrogens (tertiary/aromatic N) is 1. The minimum absolute atomic E-state index is 0.450. The molecule has 1 aromatic heterocycles. The summed E-state index contributed by atoms with van der Waals surface area (Å²) in [6.07, 6.45) is 2.78. The molecule has 1 unspecified atom stereocenters. The first-order chi connectivity index (χ1) is 5.95. The lowest BCUT2D eigenvalue weighted by Gasteiger charge is -2.06. The average Bonchev–Trinajstić information content (AvgIpc) is 2.01. The summed E-state index contributed by atoms with van der Waals surface area (Å²) in [5.74, 6) is 5.65. The molecule has 1 heterocycles. The number of hydrogen-bond acceptors (Lipinski definition) is 5. The van der Waals surface area contributed by atoms with E-state index in [1.54, 1.807) is 13.0 Å². The number of hydrogen-bond donors (Lipinski definition) is 3. The zero-order chi connectivity index (χ0) is 10.1. The second kappa shape index (κ2) is 3.31. The van der Waals surface area contributed by atoms with Gasteiger partial charge in [-0.25, -0.2) is 19.8 Å². The second-order valence-corrected chi connectivity index (χ2v) is 4.95. The van der Waals surface area contributed by atoms with Gasteiger partial charge in [-0.3, -0.25) is 0 Å². The van der Waals surface area contributed by atoms with E-state index in [-0.39, 0.29) is 0 Å². The first-order valence-electron chi connectivity index (χ1n) is 3.62. The van der Waals surface area contributed by atoms with Crippen molar-refractivity contribution in [2.75, 3.05) is 11.7 Å². The third-order valence-electron chi connectivity index (χ3n) is 1.63. The van der Waals surface area contributed by atoms with Crippen molar-refractivity contribution in [1.82, 2.24) is 4.98 Å². The van der Waals surface area contributed by atoms with Gasteiger partial charge in [0.1, 0.15) is 5.82 Å². The Morgan fingerprint density at radius 2 is 2.31 bits per heavy atom. The molecule has 0 saturated carbocycles. The van der Waals surface area contributed by atoms with Crippen LogP contribution in [-0.4, -0.2) is 15.4 Å². The molecular weight excluding hydrogens is 188 g/mol. The van der Waals surface area contributed by atoms with Crippen LogP contribution in [0.4, 0.5) is 5.82 Å². The number of rotatable bonds is 2. The van der Waals surface area contributed by atoms with Crippen LogP contribution in [0.2, 0.25) is 0 Å². The molecular formula is C7H12N4OS. The van der Waals surface area contributed by atoms with E-state index in [0.717, 1.165) is 5.56 Å². The van der Waals surface area contributed by atoms with Crippen molar-refractivity contribution in [3.63, 3.8) is 0 Å². The molecule has 4 N–H and O–H groups in total. The van der Waals surface area contributed by atoms with Crippen LogP contribution in [0, 0.1) is 11.7 Å². The summed E-state index contributed by atoms with van der Waals surface area (Å²) >= 11 is 0. The van der Waals surface area contributed by atoms with E-state index in [4.69, 9.17) is 10.6 Å². The molecule has 6 heteroatoms. The van der Waals surface area contributed by atoms with Crippen LogP contribution < -0.4 is 11.3 Å². The monoisotopic (exact) mass is 200 g/mol. The van der Waals surface area contributed by atoms with Crippen molar-refractivity contribution < 1.29 is 4.21 Å². The molecule has 13 heavy (non-hydrogen) atoms. The quantitative estimate of drug-likeness (QED) is 0.484. The summed E-state index contributed by atoms with van der Waals surface area (Å²) in [5, 5.41) is 0. The Balaban J connectivity index is 3.29. The zero-order valence-electron chi connectivity index (χ0n) is 7.50. The lowest BCUT2D eigenvalue weighted by Crippen LogP contribution is -2.09. The highest BCUT2D eigenvalue weighted by molar-refractivity contribution is 7.91. The molecule has 1 rings (SSSR count). The standard InChI is InChI=1S/C7H12N4OS/c1-5-3-7(11-8)10-4-6(5)13(2,9)12/h3-4,9H,8H2,1-2H3,(H,10,11). The molecule has 5 nitrogen and oxygen atoms in total. The topological polar surface area (TPSA) is 91.9 Å². The van der Waals surface area contributed by atoms with Crippen LogP contribution in [0.15, 0.2) is 17.2 Å². The number of aryl methyl sites for hydroxylation is 1. The fourth-order valence-electron chi connectivity index (χ4n) is 1.03. The van der Waals surface area contributed by atoms with Gasteiger partial charge in [0.15, 0.2) is 0 Å². The number of aromatic nitrogens is 1. The Labute approximate surface area is 77.3 Å². The van der Waals surface area contributed by atoms with Gasteiger partial charge >= 0.3 is 0 Å². The van der Waals surface area contributed by atoms with Crippen LogP contribution in [0.5, 0.6) is 0 Å². The molecule has 0 fully saturated rings. The molecule has 0 spiro atoms. The number of anilines is 1. The normalized spacial score (nSPS) is 15.0. The maximum Gasteiger partial charge on any atom is 0.140 e. The van der Waals surface area contributed by atoms with Crippen molar-refractivity contribution in [3.8, 4) is 0 Å². The van der Waals surface area contributed by atoms with Crippen LogP contribution in [0.3, 0.4) is 0 Å². The van der Waals surface area contributed by atoms with Crippen molar-refractivity contribution in [3.05, 3.63) is 17.8 Å². The summed E-state index contributed by atoms with van der Waals surface area (Å²) in [7, 11) is -2.69. The fraction of sp³-hybridized carbons (Fsp3) is 0.286. The molecule has 72 valence electrons. The summed E-state index contributed by atoms with van der Waals surface area (Å²) in [4.78, 5) is 4.34. The maximum atomic E-state index is 11.4. The van der Waals surface area contributed by atoms with Gasteiger partial charge in [0.2, 0.25) is 0 Å². The third kappa shape index (κ3) is 2.16. The molecule has 0 aliphatic rings. The Morgan fingerprint density at radius 1 is 1.69 bits per heavy atom. The van der Waals surface area contributed by atoms with Crippen molar-refractivity contribution >= 4 is 15.5 Å². The molecule has 0 saturated heterocycles. The predicted molar refractivity (Wildman–Crippen MR) is 51.8 cm³/mol. The van der Waals surface area contributed by atoms with Gasteiger partial charge in [-0.2, -0.15) is 0 Å². The van der Waals surface area contributed by atoms with Gasteiger partial charge in [-0.15, -0.1) is 0 Å². The number of pyridine rings is 1. The van der Waals surface area contributed by atoms with E-state index < -0.39 is 9.73 Å². The minimum Gasteiger partial charge on any atom is -0.308 e. The SMILES string of the molecule is Cc1cc(NN)ncc1S(C)(=N)=O. The van der Waals surface area contributed by atoms with E-state index in [0.29, 0.717) is 10.7 Å². The Kier molecular flexibility index (Phi) is 2.53.